The van der Waals surface area contributed by atoms with Gasteiger partial charge in [-0.05, 0) is 35.8 Å². The SMILES string of the molecule is CC(CC1(CC(C)c2ccccc2)C=CC=C1)c1ccccc1. The van der Waals surface area contributed by atoms with E-state index in [0.717, 1.165) is 0 Å². The molecule has 0 aliphatic heterocycles. The van der Waals surface area contributed by atoms with Crippen LogP contribution < -0.4 is 0 Å². The van der Waals surface area contributed by atoms with Crippen LogP contribution in [-0.4, -0.2) is 0 Å². The smallest absolute Gasteiger partial charge is 0.00785 e. The van der Waals surface area contributed by atoms with Gasteiger partial charge < -0.3 is 0 Å². The molecule has 0 N–H and O–H groups in total. The quantitative estimate of drug-likeness (QED) is 0.572. The Morgan fingerprint density at radius 1 is 0.652 bits per heavy atom. The van der Waals surface area contributed by atoms with Crippen LogP contribution in [0.15, 0.2) is 85.0 Å². The normalized spacial score (nSPS) is 18.0. The summed E-state index contributed by atoms with van der Waals surface area (Å²) in [6, 6.07) is 21.8. The molecule has 0 fully saturated rings. The van der Waals surface area contributed by atoms with Crippen molar-refractivity contribution in [1.29, 1.82) is 0 Å². The summed E-state index contributed by atoms with van der Waals surface area (Å²) in [6.07, 6.45) is 11.6. The molecule has 2 atom stereocenters. The zero-order valence-electron chi connectivity index (χ0n) is 14.2. The molecule has 0 bridgehead atoms. The third kappa shape index (κ3) is 3.82. The van der Waals surface area contributed by atoms with Crippen molar-refractivity contribution < 1.29 is 0 Å². The number of hydrogen-bond acceptors (Lipinski definition) is 0. The summed E-state index contributed by atoms with van der Waals surface area (Å²) < 4.78 is 0. The van der Waals surface area contributed by atoms with Gasteiger partial charge in [-0.2, -0.15) is 0 Å². The van der Waals surface area contributed by atoms with Crippen molar-refractivity contribution in [3.8, 4) is 0 Å². The van der Waals surface area contributed by atoms with E-state index in [-0.39, 0.29) is 5.41 Å². The Morgan fingerprint density at radius 3 is 1.43 bits per heavy atom. The van der Waals surface area contributed by atoms with E-state index in [1.165, 1.54) is 24.0 Å². The Kier molecular flexibility index (Phi) is 4.81. The van der Waals surface area contributed by atoms with Crippen molar-refractivity contribution in [2.24, 2.45) is 5.41 Å². The fourth-order valence-electron chi connectivity index (χ4n) is 3.84. The molecule has 118 valence electrons. The maximum absolute atomic E-state index is 2.41. The first kappa shape index (κ1) is 15.8. The van der Waals surface area contributed by atoms with Crippen LogP contribution in [0.2, 0.25) is 0 Å². The van der Waals surface area contributed by atoms with Gasteiger partial charge in [0.05, 0.1) is 0 Å². The van der Waals surface area contributed by atoms with E-state index in [9.17, 15) is 0 Å². The van der Waals surface area contributed by atoms with E-state index in [2.05, 4.69) is 98.8 Å². The molecule has 23 heavy (non-hydrogen) atoms. The minimum absolute atomic E-state index is 0.185. The highest BCUT2D eigenvalue weighted by molar-refractivity contribution is 5.30. The van der Waals surface area contributed by atoms with Gasteiger partial charge in [0.15, 0.2) is 0 Å². The molecule has 0 heterocycles. The average Bonchev–Trinajstić information content (AvgIpc) is 3.04. The number of rotatable bonds is 6. The summed E-state index contributed by atoms with van der Waals surface area (Å²) in [5.41, 5.74) is 3.06. The summed E-state index contributed by atoms with van der Waals surface area (Å²) in [6.45, 7) is 4.70. The topological polar surface area (TPSA) is 0 Å². The molecule has 0 nitrogen and oxygen atoms in total. The van der Waals surface area contributed by atoms with Gasteiger partial charge in [0, 0.05) is 5.41 Å². The van der Waals surface area contributed by atoms with E-state index in [1.807, 2.05) is 0 Å². The molecular formula is C23H26. The molecular weight excluding hydrogens is 276 g/mol. The molecule has 0 saturated carbocycles. The van der Waals surface area contributed by atoms with Gasteiger partial charge >= 0.3 is 0 Å². The van der Waals surface area contributed by atoms with Gasteiger partial charge in [-0.3, -0.25) is 0 Å². The second-order valence-electron chi connectivity index (χ2n) is 6.98. The molecule has 0 radical (unpaired) electrons. The van der Waals surface area contributed by atoms with Crippen LogP contribution >= 0.6 is 0 Å². The lowest BCUT2D eigenvalue weighted by molar-refractivity contribution is 0.362. The van der Waals surface area contributed by atoms with Crippen molar-refractivity contribution in [3.05, 3.63) is 96.1 Å². The van der Waals surface area contributed by atoms with Crippen LogP contribution in [0.5, 0.6) is 0 Å². The second-order valence-corrected chi connectivity index (χ2v) is 6.98. The first-order valence-corrected chi connectivity index (χ1v) is 8.65. The molecule has 0 heteroatoms. The standard InChI is InChI=1S/C23H26/c1-19(21-11-5-3-6-12-21)17-23(15-9-10-16-23)18-20(2)22-13-7-4-8-14-22/h3-16,19-20H,17-18H2,1-2H3. The van der Waals surface area contributed by atoms with E-state index in [4.69, 9.17) is 0 Å². The fraction of sp³-hybridized carbons (Fsp3) is 0.304. The largest absolute Gasteiger partial charge is 0.0745 e. The summed E-state index contributed by atoms with van der Waals surface area (Å²) in [5.74, 6) is 1.12. The summed E-state index contributed by atoms with van der Waals surface area (Å²) in [7, 11) is 0. The minimum atomic E-state index is 0.185. The summed E-state index contributed by atoms with van der Waals surface area (Å²) >= 11 is 0. The monoisotopic (exact) mass is 302 g/mol. The minimum Gasteiger partial charge on any atom is -0.0745 e. The first-order valence-electron chi connectivity index (χ1n) is 8.65. The van der Waals surface area contributed by atoms with E-state index in [0.29, 0.717) is 11.8 Å². The van der Waals surface area contributed by atoms with E-state index < -0.39 is 0 Å². The number of allylic oxidation sites excluding steroid dienone is 4. The Hall–Kier alpha value is -2.08. The van der Waals surface area contributed by atoms with E-state index >= 15 is 0 Å². The zero-order valence-corrected chi connectivity index (χ0v) is 14.2. The van der Waals surface area contributed by atoms with Crippen molar-refractivity contribution in [3.63, 3.8) is 0 Å². The predicted molar refractivity (Wildman–Crippen MR) is 99.7 cm³/mol. The Balaban J connectivity index is 1.75. The Morgan fingerprint density at radius 2 is 1.04 bits per heavy atom. The fourth-order valence-corrected chi connectivity index (χ4v) is 3.84. The highest BCUT2D eigenvalue weighted by Gasteiger charge is 2.31. The first-order chi connectivity index (χ1) is 11.2. The predicted octanol–water partition coefficient (Wildman–Crippen LogP) is 6.49. The van der Waals surface area contributed by atoms with Gasteiger partial charge in [0.1, 0.15) is 0 Å². The lowest BCUT2D eigenvalue weighted by Crippen LogP contribution is -2.19. The van der Waals surface area contributed by atoms with Crippen LogP contribution in [-0.2, 0) is 0 Å². The lowest BCUT2D eigenvalue weighted by atomic mass is 9.72. The van der Waals surface area contributed by atoms with Crippen LogP contribution in [0.1, 0.15) is 49.7 Å². The van der Waals surface area contributed by atoms with Crippen molar-refractivity contribution in [2.45, 2.75) is 38.5 Å². The highest BCUT2D eigenvalue weighted by Crippen LogP contribution is 2.44. The molecule has 0 saturated heterocycles. The van der Waals surface area contributed by atoms with E-state index in [1.54, 1.807) is 0 Å². The van der Waals surface area contributed by atoms with Crippen LogP contribution in [0.3, 0.4) is 0 Å². The Labute approximate surface area is 140 Å². The van der Waals surface area contributed by atoms with Crippen LogP contribution in [0, 0.1) is 5.41 Å². The van der Waals surface area contributed by atoms with Gasteiger partial charge in [0.25, 0.3) is 0 Å². The molecule has 2 aromatic rings. The third-order valence-electron chi connectivity index (χ3n) is 5.08. The molecule has 3 rings (SSSR count). The molecule has 1 aliphatic carbocycles. The van der Waals surface area contributed by atoms with Gasteiger partial charge in [0.2, 0.25) is 0 Å². The summed E-state index contributed by atoms with van der Waals surface area (Å²) in [4.78, 5) is 0. The summed E-state index contributed by atoms with van der Waals surface area (Å²) in [5, 5.41) is 0. The second kappa shape index (κ2) is 7.00. The lowest BCUT2D eigenvalue weighted by Gasteiger charge is -2.32. The Bertz CT molecular complexity index is 602. The zero-order chi connectivity index (χ0) is 16.1. The third-order valence-corrected chi connectivity index (χ3v) is 5.08. The van der Waals surface area contributed by atoms with Gasteiger partial charge in [-0.15, -0.1) is 0 Å². The highest BCUT2D eigenvalue weighted by atomic mass is 14.3. The molecule has 2 unspecified atom stereocenters. The molecule has 1 aliphatic rings. The molecule has 0 amide bonds. The van der Waals surface area contributed by atoms with Gasteiger partial charge in [-0.25, -0.2) is 0 Å². The molecule has 2 aromatic carbocycles. The number of benzene rings is 2. The van der Waals surface area contributed by atoms with Crippen LogP contribution in [0.4, 0.5) is 0 Å². The molecule has 0 aromatic heterocycles. The average molecular weight is 302 g/mol. The molecule has 0 spiro atoms. The maximum atomic E-state index is 2.41. The van der Waals surface area contributed by atoms with Crippen molar-refractivity contribution >= 4 is 0 Å². The maximum Gasteiger partial charge on any atom is 0.00785 e. The number of hydrogen-bond donors (Lipinski definition) is 0. The van der Waals surface area contributed by atoms with Gasteiger partial charge in [-0.1, -0.05) is 98.8 Å². The van der Waals surface area contributed by atoms with Crippen molar-refractivity contribution in [2.75, 3.05) is 0 Å². The van der Waals surface area contributed by atoms with Crippen LogP contribution in [0.25, 0.3) is 0 Å². The van der Waals surface area contributed by atoms with Crippen molar-refractivity contribution in [1.82, 2.24) is 0 Å².